The maximum absolute atomic E-state index is 10.2. The van der Waals surface area contributed by atoms with Crippen LogP contribution in [0.25, 0.3) is 10.7 Å². The molecule has 2 N–H and O–H groups in total. The number of aromatic nitrogens is 3. The van der Waals surface area contributed by atoms with E-state index in [0.29, 0.717) is 6.54 Å². The summed E-state index contributed by atoms with van der Waals surface area (Å²) in [4.78, 5) is 4.24. The summed E-state index contributed by atoms with van der Waals surface area (Å²) in [6.07, 6.45) is 2.57. The monoisotopic (exact) mass is 294 g/mol. The average molecular weight is 294 g/mol. The molecular formula is C12H14N4OS2. The van der Waals surface area contributed by atoms with Gasteiger partial charge in [-0.25, -0.2) is 0 Å². The molecule has 0 radical (unpaired) electrons. The topological polar surface area (TPSA) is 70.9 Å². The van der Waals surface area contributed by atoms with Gasteiger partial charge >= 0.3 is 0 Å². The van der Waals surface area contributed by atoms with E-state index < -0.39 is 5.60 Å². The first-order valence-electron chi connectivity index (χ1n) is 6.04. The molecule has 0 aliphatic carbocycles. The molecule has 19 heavy (non-hydrogen) atoms. The van der Waals surface area contributed by atoms with Gasteiger partial charge in [0.05, 0.1) is 5.60 Å². The van der Waals surface area contributed by atoms with Crippen LogP contribution in [0, 0.1) is 0 Å². The Morgan fingerprint density at radius 2 is 2.32 bits per heavy atom. The van der Waals surface area contributed by atoms with E-state index in [1.54, 1.807) is 18.0 Å². The summed E-state index contributed by atoms with van der Waals surface area (Å²) in [6, 6.07) is 5.71. The van der Waals surface area contributed by atoms with Gasteiger partial charge in [-0.05, 0) is 24.3 Å². The molecule has 3 heterocycles. The highest BCUT2D eigenvalue weighted by molar-refractivity contribution is 7.99. The first-order valence-corrected chi connectivity index (χ1v) is 8.01. The van der Waals surface area contributed by atoms with Crippen LogP contribution < -0.4 is 5.32 Å². The molecule has 1 aliphatic rings. The quantitative estimate of drug-likeness (QED) is 0.897. The maximum atomic E-state index is 10.2. The third-order valence-corrected chi connectivity index (χ3v) is 5.10. The van der Waals surface area contributed by atoms with Crippen LogP contribution >= 0.6 is 23.1 Å². The molecule has 100 valence electrons. The third-order valence-electron chi connectivity index (χ3n) is 2.96. The minimum absolute atomic E-state index is 0.525. The zero-order valence-electron chi connectivity index (χ0n) is 10.2. The second-order valence-electron chi connectivity index (χ2n) is 4.51. The number of nitrogens with zero attached hydrogens (tertiary/aromatic N) is 3. The lowest BCUT2D eigenvalue weighted by atomic mass is 10.0. The maximum Gasteiger partial charge on any atom is 0.206 e. The van der Waals surface area contributed by atoms with Crippen LogP contribution in [0.3, 0.4) is 0 Å². The minimum Gasteiger partial charge on any atom is -0.387 e. The van der Waals surface area contributed by atoms with Gasteiger partial charge in [0.1, 0.15) is 5.69 Å². The van der Waals surface area contributed by atoms with E-state index in [1.807, 2.05) is 18.2 Å². The number of nitrogens with one attached hydrogen (secondary N) is 1. The molecule has 0 bridgehead atoms. The SMILES string of the molecule is OC1(CNc2nnc(-c3ccccn3)s2)CCSC1. The summed E-state index contributed by atoms with van der Waals surface area (Å²) >= 11 is 3.24. The van der Waals surface area contributed by atoms with Crippen molar-refractivity contribution in [2.45, 2.75) is 12.0 Å². The molecule has 2 aromatic rings. The van der Waals surface area contributed by atoms with Crippen molar-refractivity contribution >= 4 is 28.2 Å². The summed E-state index contributed by atoms with van der Waals surface area (Å²) in [5, 5.41) is 23.1. The highest BCUT2D eigenvalue weighted by atomic mass is 32.2. The predicted molar refractivity (Wildman–Crippen MR) is 78.5 cm³/mol. The molecule has 5 nitrogen and oxygen atoms in total. The van der Waals surface area contributed by atoms with E-state index in [9.17, 15) is 5.11 Å². The number of hydrogen-bond acceptors (Lipinski definition) is 7. The van der Waals surface area contributed by atoms with Gasteiger partial charge in [0, 0.05) is 18.5 Å². The van der Waals surface area contributed by atoms with E-state index >= 15 is 0 Å². The molecule has 1 saturated heterocycles. The first kappa shape index (κ1) is 12.8. The summed E-state index contributed by atoms with van der Waals surface area (Å²) < 4.78 is 0. The van der Waals surface area contributed by atoms with Crippen molar-refractivity contribution in [3.63, 3.8) is 0 Å². The van der Waals surface area contributed by atoms with E-state index in [2.05, 4.69) is 20.5 Å². The molecule has 0 amide bonds. The van der Waals surface area contributed by atoms with Crippen molar-refractivity contribution in [1.29, 1.82) is 0 Å². The lowest BCUT2D eigenvalue weighted by Crippen LogP contribution is -2.36. The van der Waals surface area contributed by atoms with Crippen molar-refractivity contribution in [1.82, 2.24) is 15.2 Å². The normalized spacial score (nSPS) is 22.6. The molecular weight excluding hydrogens is 280 g/mol. The highest BCUT2D eigenvalue weighted by Crippen LogP contribution is 2.29. The molecule has 0 spiro atoms. The Kier molecular flexibility index (Phi) is 3.67. The smallest absolute Gasteiger partial charge is 0.206 e. The fourth-order valence-electron chi connectivity index (χ4n) is 1.86. The van der Waals surface area contributed by atoms with Crippen molar-refractivity contribution in [3.05, 3.63) is 24.4 Å². The number of hydrogen-bond donors (Lipinski definition) is 2. The largest absolute Gasteiger partial charge is 0.387 e. The fourth-order valence-corrected chi connectivity index (χ4v) is 3.87. The molecule has 3 rings (SSSR count). The van der Waals surface area contributed by atoms with E-state index in [-0.39, 0.29) is 0 Å². The zero-order valence-corrected chi connectivity index (χ0v) is 11.9. The van der Waals surface area contributed by atoms with Crippen LogP contribution in [0.4, 0.5) is 5.13 Å². The second-order valence-corrected chi connectivity index (χ2v) is 6.59. The Balaban J connectivity index is 1.65. The number of pyridine rings is 1. The van der Waals surface area contributed by atoms with E-state index in [0.717, 1.165) is 33.8 Å². The Hall–Kier alpha value is -1.18. The summed E-state index contributed by atoms with van der Waals surface area (Å²) in [5.74, 6) is 1.80. The van der Waals surface area contributed by atoms with Crippen molar-refractivity contribution < 1.29 is 5.11 Å². The highest BCUT2D eigenvalue weighted by Gasteiger charge is 2.31. The van der Waals surface area contributed by atoms with Crippen LogP contribution in [0.1, 0.15) is 6.42 Å². The lowest BCUT2D eigenvalue weighted by molar-refractivity contribution is 0.0820. The van der Waals surface area contributed by atoms with Gasteiger partial charge in [0.2, 0.25) is 5.13 Å². The Morgan fingerprint density at radius 1 is 1.37 bits per heavy atom. The first-order chi connectivity index (χ1) is 9.25. The molecule has 0 aromatic carbocycles. The number of rotatable bonds is 4. The van der Waals surface area contributed by atoms with E-state index in [4.69, 9.17) is 0 Å². The van der Waals surface area contributed by atoms with Gasteiger partial charge in [-0.1, -0.05) is 17.4 Å². The zero-order chi connectivity index (χ0) is 13.1. The molecule has 1 fully saturated rings. The molecule has 1 atom stereocenters. The predicted octanol–water partition coefficient (Wildman–Crippen LogP) is 1.88. The van der Waals surface area contributed by atoms with Gasteiger partial charge in [0.15, 0.2) is 5.01 Å². The van der Waals surface area contributed by atoms with Gasteiger partial charge in [-0.15, -0.1) is 10.2 Å². The van der Waals surface area contributed by atoms with Gasteiger partial charge < -0.3 is 10.4 Å². The van der Waals surface area contributed by atoms with Crippen LogP contribution in [0.2, 0.25) is 0 Å². The fraction of sp³-hybridized carbons (Fsp3) is 0.417. The average Bonchev–Trinajstić information content (AvgIpc) is 3.07. The van der Waals surface area contributed by atoms with Crippen LogP contribution in [-0.2, 0) is 0 Å². The Bertz CT molecular complexity index is 540. The molecule has 0 saturated carbocycles. The van der Waals surface area contributed by atoms with E-state index in [1.165, 1.54) is 11.3 Å². The Morgan fingerprint density at radius 3 is 3.05 bits per heavy atom. The molecule has 2 aromatic heterocycles. The van der Waals surface area contributed by atoms with Crippen LogP contribution in [0.5, 0.6) is 0 Å². The van der Waals surface area contributed by atoms with Crippen molar-refractivity contribution in [2.75, 3.05) is 23.4 Å². The van der Waals surface area contributed by atoms with Crippen LogP contribution in [0.15, 0.2) is 24.4 Å². The molecule has 7 heteroatoms. The molecule has 1 unspecified atom stereocenters. The van der Waals surface area contributed by atoms with Gasteiger partial charge in [-0.3, -0.25) is 4.98 Å². The second kappa shape index (κ2) is 5.44. The minimum atomic E-state index is -0.610. The number of thioether (sulfide) groups is 1. The molecule has 1 aliphatic heterocycles. The number of aliphatic hydroxyl groups is 1. The van der Waals surface area contributed by atoms with Gasteiger partial charge in [0.25, 0.3) is 0 Å². The summed E-state index contributed by atoms with van der Waals surface area (Å²) in [6.45, 7) is 0.525. The van der Waals surface area contributed by atoms with Gasteiger partial charge in [-0.2, -0.15) is 11.8 Å². The van der Waals surface area contributed by atoms with Crippen molar-refractivity contribution in [2.24, 2.45) is 0 Å². The standard InChI is InChI=1S/C12H14N4OS2/c17-12(4-6-18-8-12)7-14-11-16-15-10(19-11)9-3-1-2-5-13-9/h1-3,5,17H,4,6-8H2,(H,14,16). The Labute approximate surface area is 119 Å². The van der Waals surface area contributed by atoms with Crippen LogP contribution in [-0.4, -0.2) is 43.9 Å². The number of anilines is 1. The summed E-state index contributed by atoms with van der Waals surface area (Å²) in [5.41, 5.74) is 0.213. The third kappa shape index (κ3) is 3.05. The lowest BCUT2D eigenvalue weighted by Gasteiger charge is -2.20. The summed E-state index contributed by atoms with van der Waals surface area (Å²) in [7, 11) is 0. The van der Waals surface area contributed by atoms with Crippen molar-refractivity contribution in [3.8, 4) is 10.7 Å².